The summed E-state index contributed by atoms with van der Waals surface area (Å²) in [6.07, 6.45) is -9.20. The Morgan fingerprint density at radius 1 is 0.880 bits per heavy atom. The van der Waals surface area contributed by atoms with E-state index in [0.717, 1.165) is 0 Å². The van der Waals surface area contributed by atoms with Gasteiger partial charge >= 0.3 is 35.8 Å². The number of carbonyl (C=O) groups excluding carboxylic acids is 1. The third kappa shape index (κ3) is 4.20. The van der Waals surface area contributed by atoms with E-state index < -0.39 is 48.6 Å². The van der Waals surface area contributed by atoms with Crippen molar-refractivity contribution in [1.29, 1.82) is 0 Å². The van der Waals surface area contributed by atoms with E-state index in [-0.39, 0.29) is 18.9 Å². The van der Waals surface area contributed by atoms with Gasteiger partial charge in [-0.3, -0.25) is 0 Å². The Hall–Kier alpha value is -1.49. The van der Waals surface area contributed by atoms with Gasteiger partial charge in [-0.25, -0.2) is 4.79 Å². The van der Waals surface area contributed by atoms with Crippen molar-refractivity contribution in [3.63, 3.8) is 0 Å². The summed E-state index contributed by atoms with van der Waals surface area (Å²) in [5.74, 6) is -29.3. The van der Waals surface area contributed by atoms with E-state index in [0.29, 0.717) is 0 Å². The largest absolute Gasteiger partial charge is 0.473 e. The number of hydrogen-bond acceptors (Lipinski definition) is 2. The van der Waals surface area contributed by atoms with E-state index in [9.17, 15) is 48.7 Å². The van der Waals surface area contributed by atoms with Crippen LogP contribution in [0.1, 0.15) is 32.6 Å². The summed E-state index contributed by atoms with van der Waals surface area (Å²) in [5, 5.41) is 0. The molecule has 148 valence electrons. The van der Waals surface area contributed by atoms with Crippen molar-refractivity contribution in [2.24, 2.45) is 0 Å². The predicted octanol–water partition coefficient (Wildman–Crippen LogP) is 5.43. The molecule has 0 aromatic carbocycles. The summed E-state index contributed by atoms with van der Waals surface area (Å²) in [6.45, 7) is 3.96. The fourth-order valence-corrected chi connectivity index (χ4v) is 1.60. The molecule has 0 amide bonds. The van der Waals surface area contributed by atoms with E-state index in [1.807, 2.05) is 0 Å². The van der Waals surface area contributed by atoms with Crippen LogP contribution in [0.4, 0.5) is 43.9 Å². The minimum absolute atomic E-state index is 0.110. The Kier molecular flexibility index (Phi) is 6.96. The van der Waals surface area contributed by atoms with Crippen LogP contribution in [0.3, 0.4) is 0 Å². The molecule has 0 saturated carbocycles. The first kappa shape index (κ1) is 23.5. The van der Waals surface area contributed by atoms with Gasteiger partial charge in [-0.2, -0.15) is 43.9 Å². The van der Waals surface area contributed by atoms with Crippen LogP contribution in [0.5, 0.6) is 0 Å². The molecule has 0 spiro atoms. The van der Waals surface area contributed by atoms with E-state index in [2.05, 4.69) is 11.3 Å². The summed E-state index contributed by atoms with van der Waals surface area (Å²) in [7, 11) is 0. The molecule has 0 saturated heterocycles. The van der Waals surface area contributed by atoms with Gasteiger partial charge in [-0.05, 0) is 6.42 Å². The Balaban J connectivity index is 5.81. The van der Waals surface area contributed by atoms with Crippen LogP contribution in [0.15, 0.2) is 12.7 Å². The molecular formula is C13H14F10O2. The second-order valence-electron chi connectivity index (χ2n) is 5.03. The van der Waals surface area contributed by atoms with Gasteiger partial charge < -0.3 is 4.74 Å². The quantitative estimate of drug-likeness (QED) is 0.215. The maximum Gasteiger partial charge on any atom is 0.473 e. The standard InChI is InChI=1S/C13H14F10O2/c1-3-5-6-7-9(14,15)10(16,17)11(18,19)12(20,21)13(22,23)25-8(24)4-2/h4H,2-3,5-7H2,1H3. The smallest absolute Gasteiger partial charge is 0.393 e. The van der Waals surface area contributed by atoms with E-state index in [1.54, 1.807) is 0 Å². The van der Waals surface area contributed by atoms with E-state index in [1.165, 1.54) is 6.92 Å². The van der Waals surface area contributed by atoms with Gasteiger partial charge in [0.25, 0.3) is 0 Å². The zero-order chi connectivity index (χ0) is 20.3. The fourth-order valence-electron chi connectivity index (χ4n) is 1.60. The number of ether oxygens (including phenoxy) is 1. The molecule has 0 bridgehead atoms. The molecule has 0 aliphatic rings. The molecule has 0 heterocycles. The molecular weight excluding hydrogens is 378 g/mol. The summed E-state index contributed by atoms with van der Waals surface area (Å²) in [6, 6.07) is 0. The third-order valence-corrected chi connectivity index (χ3v) is 3.10. The summed E-state index contributed by atoms with van der Waals surface area (Å²) >= 11 is 0. The van der Waals surface area contributed by atoms with Crippen LogP contribution >= 0.6 is 0 Å². The molecule has 0 N–H and O–H groups in total. The van der Waals surface area contributed by atoms with Crippen LogP contribution in [0.25, 0.3) is 0 Å². The van der Waals surface area contributed by atoms with Gasteiger partial charge in [0, 0.05) is 12.5 Å². The molecule has 0 unspecified atom stereocenters. The molecule has 0 aliphatic carbocycles. The van der Waals surface area contributed by atoms with E-state index in [4.69, 9.17) is 0 Å². The van der Waals surface area contributed by atoms with Crippen molar-refractivity contribution in [3.05, 3.63) is 12.7 Å². The lowest BCUT2D eigenvalue weighted by atomic mass is 9.94. The molecule has 12 heteroatoms. The maximum atomic E-state index is 13.4. The number of carbonyl (C=O) groups is 1. The summed E-state index contributed by atoms with van der Waals surface area (Å²) in [4.78, 5) is 10.5. The highest BCUT2D eigenvalue weighted by atomic mass is 19.4. The topological polar surface area (TPSA) is 26.3 Å². The first-order valence-corrected chi connectivity index (χ1v) is 6.76. The van der Waals surface area contributed by atoms with Crippen molar-refractivity contribution in [1.82, 2.24) is 0 Å². The number of halogens is 10. The fraction of sp³-hybridized carbons (Fsp3) is 0.769. The van der Waals surface area contributed by atoms with Crippen LogP contribution in [0.2, 0.25) is 0 Å². The molecule has 0 aromatic heterocycles. The lowest BCUT2D eigenvalue weighted by Gasteiger charge is -2.38. The van der Waals surface area contributed by atoms with Gasteiger partial charge in [0.05, 0.1) is 0 Å². The van der Waals surface area contributed by atoms with Crippen LogP contribution in [-0.2, 0) is 9.53 Å². The molecule has 0 atom stereocenters. The SMILES string of the molecule is C=CC(=O)OC(F)(F)C(F)(F)C(F)(F)C(F)(F)C(F)(F)CCCCC. The Bertz CT molecular complexity index is 487. The van der Waals surface area contributed by atoms with Crippen molar-refractivity contribution in [2.75, 3.05) is 0 Å². The second kappa shape index (κ2) is 7.40. The number of unbranched alkanes of at least 4 members (excludes halogenated alkanes) is 2. The molecule has 0 aromatic rings. The molecule has 0 aliphatic heterocycles. The predicted molar refractivity (Wildman–Crippen MR) is 65.2 cm³/mol. The molecule has 2 nitrogen and oxygen atoms in total. The van der Waals surface area contributed by atoms with Gasteiger partial charge in [-0.1, -0.05) is 26.3 Å². The molecule has 0 fully saturated rings. The highest BCUT2D eigenvalue weighted by Gasteiger charge is 2.87. The zero-order valence-corrected chi connectivity index (χ0v) is 12.7. The minimum Gasteiger partial charge on any atom is -0.393 e. The Morgan fingerprint density at radius 3 is 1.76 bits per heavy atom. The number of hydrogen-bond donors (Lipinski definition) is 0. The lowest BCUT2D eigenvalue weighted by molar-refractivity contribution is -0.436. The Morgan fingerprint density at radius 2 is 1.36 bits per heavy atom. The van der Waals surface area contributed by atoms with Crippen molar-refractivity contribution < 1.29 is 53.4 Å². The zero-order valence-electron chi connectivity index (χ0n) is 12.7. The van der Waals surface area contributed by atoms with Gasteiger partial charge in [0.2, 0.25) is 0 Å². The average molecular weight is 392 g/mol. The number of esters is 1. The molecule has 0 radical (unpaired) electrons. The van der Waals surface area contributed by atoms with Crippen molar-refractivity contribution >= 4 is 5.97 Å². The lowest BCUT2D eigenvalue weighted by Crippen LogP contribution is -2.67. The third-order valence-electron chi connectivity index (χ3n) is 3.10. The van der Waals surface area contributed by atoms with Crippen molar-refractivity contribution in [2.45, 2.75) is 62.4 Å². The maximum absolute atomic E-state index is 13.4. The summed E-state index contributed by atoms with van der Waals surface area (Å²) in [5.41, 5.74) is 0. The van der Waals surface area contributed by atoms with Crippen LogP contribution in [0, 0.1) is 0 Å². The van der Waals surface area contributed by atoms with Gasteiger partial charge in [0.1, 0.15) is 0 Å². The highest BCUT2D eigenvalue weighted by molar-refractivity contribution is 5.81. The van der Waals surface area contributed by atoms with Crippen LogP contribution in [-0.4, -0.2) is 35.8 Å². The molecule has 25 heavy (non-hydrogen) atoms. The van der Waals surface area contributed by atoms with Gasteiger partial charge in [-0.15, -0.1) is 0 Å². The monoisotopic (exact) mass is 392 g/mol. The Labute approximate surface area is 135 Å². The van der Waals surface area contributed by atoms with Crippen molar-refractivity contribution in [3.8, 4) is 0 Å². The second-order valence-corrected chi connectivity index (χ2v) is 5.03. The molecule has 0 rings (SSSR count). The normalized spacial score (nSPS) is 14.4. The highest BCUT2D eigenvalue weighted by Crippen LogP contribution is 2.58. The van der Waals surface area contributed by atoms with E-state index >= 15 is 0 Å². The summed E-state index contributed by atoms with van der Waals surface area (Å²) < 4.78 is 135. The van der Waals surface area contributed by atoms with Gasteiger partial charge in [0.15, 0.2) is 0 Å². The minimum atomic E-state index is -7.24. The first-order valence-electron chi connectivity index (χ1n) is 6.76. The van der Waals surface area contributed by atoms with Crippen LogP contribution < -0.4 is 0 Å². The average Bonchev–Trinajstić information content (AvgIpc) is 2.45. The first-order chi connectivity index (χ1) is 11.0. The number of rotatable bonds is 10. The number of alkyl halides is 10.